The maximum Gasteiger partial charge on any atom is 0.157 e. The SMILES string of the molecule is CC(C)(C)C(CCCl)Nc1ccn2nccc2n1. The molecule has 1 unspecified atom stereocenters. The molecule has 2 rings (SSSR count). The lowest BCUT2D eigenvalue weighted by atomic mass is 9.85. The van der Waals surface area contributed by atoms with Gasteiger partial charge in [0.05, 0.1) is 6.20 Å². The van der Waals surface area contributed by atoms with E-state index in [9.17, 15) is 0 Å². The Hall–Kier alpha value is -1.29. The first kappa shape index (κ1) is 13.1. The molecule has 0 aromatic carbocycles. The van der Waals surface area contributed by atoms with Gasteiger partial charge in [-0.3, -0.25) is 0 Å². The molecule has 0 bridgehead atoms. The van der Waals surface area contributed by atoms with Gasteiger partial charge in [-0.2, -0.15) is 5.10 Å². The Morgan fingerprint density at radius 3 is 2.83 bits per heavy atom. The summed E-state index contributed by atoms with van der Waals surface area (Å²) in [7, 11) is 0. The summed E-state index contributed by atoms with van der Waals surface area (Å²) in [5, 5.41) is 7.59. The van der Waals surface area contributed by atoms with Crippen LogP contribution in [-0.2, 0) is 0 Å². The van der Waals surface area contributed by atoms with Gasteiger partial charge in [0.15, 0.2) is 5.65 Å². The molecule has 4 nitrogen and oxygen atoms in total. The zero-order chi connectivity index (χ0) is 13.2. The van der Waals surface area contributed by atoms with E-state index in [4.69, 9.17) is 11.6 Å². The van der Waals surface area contributed by atoms with Crippen molar-refractivity contribution in [2.45, 2.75) is 33.2 Å². The summed E-state index contributed by atoms with van der Waals surface area (Å²) in [6.07, 6.45) is 4.56. The van der Waals surface area contributed by atoms with Crippen LogP contribution in [-0.4, -0.2) is 26.5 Å². The summed E-state index contributed by atoms with van der Waals surface area (Å²) >= 11 is 5.87. The smallest absolute Gasteiger partial charge is 0.157 e. The summed E-state index contributed by atoms with van der Waals surface area (Å²) in [4.78, 5) is 4.52. The van der Waals surface area contributed by atoms with E-state index >= 15 is 0 Å². The van der Waals surface area contributed by atoms with Crippen LogP contribution in [0, 0.1) is 5.41 Å². The van der Waals surface area contributed by atoms with Crippen molar-refractivity contribution in [1.82, 2.24) is 14.6 Å². The Labute approximate surface area is 112 Å². The zero-order valence-corrected chi connectivity index (χ0v) is 11.8. The van der Waals surface area contributed by atoms with Crippen LogP contribution in [0.25, 0.3) is 5.65 Å². The topological polar surface area (TPSA) is 42.2 Å². The maximum atomic E-state index is 5.87. The molecule has 0 saturated heterocycles. The minimum Gasteiger partial charge on any atom is -0.367 e. The average Bonchev–Trinajstić information content (AvgIpc) is 2.74. The first-order chi connectivity index (χ1) is 8.50. The van der Waals surface area contributed by atoms with E-state index in [1.54, 1.807) is 10.7 Å². The monoisotopic (exact) mass is 266 g/mol. The predicted octanol–water partition coefficient (Wildman–Crippen LogP) is 3.18. The van der Waals surface area contributed by atoms with Gasteiger partial charge in [0.1, 0.15) is 5.82 Å². The van der Waals surface area contributed by atoms with Gasteiger partial charge in [0.2, 0.25) is 0 Å². The van der Waals surface area contributed by atoms with E-state index in [1.165, 1.54) is 0 Å². The van der Waals surface area contributed by atoms with E-state index < -0.39 is 0 Å². The van der Waals surface area contributed by atoms with Crippen LogP contribution < -0.4 is 5.32 Å². The molecule has 1 atom stereocenters. The highest BCUT2D eigenvalue weighted by Gasteiger charge is 2.24. The molecule has 0 aliphatic carbocycles. The summed E-state index contributed by atoms with van der Waals surface area (Å²) in [6.45, 7) is 6.61. The molecular weight excluding hydrogens is 248 g/mol. The van der Waals surface area contributed by atoms with Gasteiger partial charge in [-0.15, -0.1) is 11.6 Å². The van der Waals surface area contributed by atoms with Gasteiger partial charge < -0.3 is 5.32 Å². The van der Waals surface area contributed by atoms with E-state index in [1.807, 2.05) is 18.3 Å². The Bertz CT molecular complexity index is 515. The van der Waals surface area contributed by atoms with Crippen LogP contribution in [0.15, 0.2) is 24.5 Å². The van der Waals surface area contributed by atoms with Crippen LogP contribution >= 0.6 is 11.6 Å². The normalized spacial score (nSPS) is 13.8. The third-order valence-electron chi connectivity index (χ3n) is 3.02. The molecule has 0 spiro atoms. The summed E-state index contributed by atoms with van der Waals surface area (Å²) in [6, 6.07) is 4.12. The number of anilines is 1. The van der Waals surface area contributed by atoms with Crippen molar-refractivity contribution in [2.75, 3.05) is 11.2 Å². The lowest BCUT2D eigenvalue weighted by Crippen LogP contribution is -2.34. The number of hydrogen-bond donors (Lipinski definition) is 1. The third kappa shape index (κ3) is 2.93. The first-order valence-electron chi connectivity index (χ1n) is 6.13. The Kier molecular flexibility index (Phi) is 3.76. The largest absolute Gasteiger partial charge is 0.367 e. The van der Waals surface area contributed by atoms with Crippen LogP contribution in [0.4, 0.5) is 5.82 Å². The fourth-order valence-electron chi connectivity index (χ4n) is 1.90. The highest BCUT2D eigenvalue weighted by molar-refractivity contribution is 6.17. The molecule has 0 amide bonds. The Morgan fingerprint density at radius 1 is 1.39 bits per heavy atom. The Morgan fingerprint density at radius 2 is 2.17 bits per heavy atom. The van der Waals surface area contributed by atoms with Crippen molar-refractivity contribution in [3.63, 3.8) is 0 Å². The lowest BCUT2D eigenvalue weighted by molar-refractivity contribution is 0.334. The van der Waals surface area contributed by atoms with Gasteiger partial charge in [0, 0.05) is 24.2 Å². The molecule has 2 aromatic rings. The number of hydrogen-bond acceptors (Lipinski definition) is 3. The van der Waals surface area contributed by atoms with Crippen molar-refractivity contribution < 1.29 is 0 Å². The number of halogens is 1. The van der Waals surface area contributed by atoms with Crippen molar-refractivity contribution in [2.24, 2.45) is 5.41 Å². The Balaban J connectivity index is 2.19. The predicted molar refractivity (Wildman–Crippen MR) is 75.2 cm³/mol. The zero-order valence-electron chi connectivity index (χ0n) is 11.0. The number of nitrogens with zero attached hydrogens (tertiary/aromatic N) is 3. The van der Waals surface area contributed by atoms with Crippen LogP contribution in [0.3, 0.4) is 0 Å². The number of alkyl halides is 1. The number of nitrogens with one attached hydrogen (secondary N) is 1. The number of aromatic nitrogens is 3. The van der Waals surface area contributed by atoms with Crippen molar-refractivity contribution in [3.05, 3.63) is 24.5 Å². The van der Waals surface area contributed by atoms with E-state index in [0.29, 0.717) is 11.9 Å². The lowest BCUT2D eigenvalue weighted by Gasteiger charge is -2.31. The molecule has 0 radical (unpaired) electrons. The molecular formula is C13H19ClN4. The average molecular weight is 267 g/mol. The fourth-order valence-corrected chi connectivity index (χ4v) is 2.12. The molecule has 0 saturated carbocycles. The second kappa shape index (κ2) is 5.14. The minimum atomic E-state index is 0.142. The molecule has 0 fully saturated rings. The van der Waals surface area contributed by atoms with Crippen LogP contribution in [0.1, 0.15) is 27.2 Å². The van der Waals surface area contributed by atoms with E-state index in [-0.39, 0.29) is 5.41 Å². The van der Waals surface area contributed by atoms with E-state index in [0.717, 1.165) is 17.9 Å². The van der Waals surface area contributed by atoms with E-state index in [2.05, 4.69) is 36.2 Å². The summed E-state index contributed by atoms with van der Waals surface area (Å²) < 4.78 is 1.75. The molecule has 98 valence electrons. The fraction of sp³-hybridized carbons (Fsp3) is 0.538. The molecule has 1 N–H and O–H groups in total. The number of rotatable bonds is 4. The molecule has 5 heteroatoms. The maximum absolute atomic E-state index is 5.87. The van der Waals surface area contributed by atoms with Gasteiger partial charge in [-0.05, 0) is 17.9 Å². The quantitative estimate of drug-likeness (QED) is 0.865. The van der Waals surface area contributed by atoms with Gasteiger partial charge >= 0.3 is 0 Å². The van der Waals surface area contributed by atoms with Gasteiger partial charge in [-0.25, -0.2) is 9.50 Å². The molecule has 0 aliphatic heterocycles. The van der Waals surface area contributed by atoms with Crippen LogP contribution in [0.5, 0.6) is 0 Å². The minimum absolute atomic E-state index is 0.142. The highest BCUT2D eigenvalue weighted by Crippen LogP contribution is 2.25. The molecule has 2 heterocycles. The second-order valence-electron chi connectivity index (χ2n) is 5.49. The van der Waals surface area contributed by atoms with Crippen molar-refractivity contribution >= 4 is 23.1 Å². The standard InChI is InChI=1S/C13H19ClN4/c1-13(2,3)10(4-7-14)16-11-6-9-18-12(17-11)5-8-15-18/h5-6,8-10H,4,7H2,1-3H3,(H,16,17). The second-order valence-corrected chi connectivity index (χ2v) is 5.87. The third-order valence-corrected chi connectivity index (χ3v) is 3.24. The van der Waals surface area contributed by atoms with Gasteiger partial charge in [-0.1, -0.05) is 20.8 Å². The first-order valence-corrected chi connectivity index (χ1v) is 6.67. The molecule has 18 heavy (non-hydrogen) atoms. The molecule has 0 aliphatic rings. The molecule has 2 aromatic heterocycles. The van der Waals surface area contributed by atoms with Gasteiger partial charge in [0.25, 0.3) is 0 Å². The van der Waals surface area contributed by atoms with Crippen molar-refractivity contribution in [1.29, 1.82) is 0 Å². The van der Waals surface area contributed by atoms with Crippen LogP contribution in [0.2, 0.25) is 0 Å². The highest BCUT2D eigenvalue weighted by atomic mass is 35.5. The number of fused-ring (bicyclic) bond motifs is 1. The summed E-state index contributed by atoms with van der Waals surface area (Å²) in [5.74, 6) is 1.51. The van der Waals surface area contributed by atoms with Crippen molar-refractivity contribution in [3.8, 4) is 0 Å². The summed E-state index contributed by atoms with van der Waals surface area (Å²) in [5.41, 5.74) is 0.988.